The molecular formula is C39H31N. The van der Waals surface area contributed by atoms with Gasteiger partial charge in [-0.2, -0.15) is 0 Å². The lowest BCUT2D eigenvalue weighted by Crippen LogP contribution is -2.16. The van der Waals surface area contributed by atoms with Gasteiger partial charge in [-0.25, -0.2) is 0 Å². The molecule has 6 aromatic rings. The van der Waals surface area contributed by atoms with Crippen LogP contribution in [0.2, 0.25) is 0 Å². The predicted octanol–water partition coefficient (Wildman–Crippen LogP) is 10.8. The molecule has 0 aromatic heterocycles. The fourth-order valence-corrected chi connectivity index (χ4v) is 5.88. The van der Waals surface area contributed by atoms with Crippen LogP contribution in [0, 0.1) is 0 Å². The molecule has 1 heteroatoms. The van der Waals surface area contributed by atoms with Crippen molar-refractivity contribution in [3.05, 3.63) is 163 Å². The maximum absolute atomic E-state index is 8.45. The van der Waals surface area contributed by atoms with Crippen molar-refractivity contribution in [3.8, 4) is 33.4 Å². The summed E-state index contributed by atoms with van der Waals surface area (Å²) in [6, 6.07) is 40.2. The standard InChI is InChI=1S/C39H31N/c1-39(2)37-16-10-9-15-35(37)36-26-25-34(27-38(36)39)40(32-21-17-30(18-22-32)28-11-5-3-6-12-28)33-23-19-31(20-24-33)29-13-7-4-8-14-29/h3-27H,1-2H3/i3D,5D,6D,11D,12D. The monoisotopic (exact) mass is 518 g/mol. The first-order chi connectivity index (χ1) is 21.7. The van der Waals surface area contributed by atoms with E-state index in [1.54, 1.807) is 0 Å². The Bertz CT molecular complexity index is 2040. The second-order valence-electron chi connectivity index (χ2n) is 10.7. The zero-order valence-electron chi connectivity index (χ0n) is 27.5. The van der Waals surface area contributed by atoms with Crippen LogP contribution in [0.4, 0.5) is 17.1 Å². The minimum atomic E-state index is -0.392. The van der Waals surface area contributed by atoms with Crippen molar-refractivity contribution in [2.24, 2.45) is 0 Å². The van der Waals surface area contributed by atoms with Gasteiger partial charge in [0.1, 0.15) is 0 Å². The van der Waals surface area contributed by atoms with E-state index in [0.717, 1.165) is 28.2 Å². The first-order valence-corrected chi connectivity index (χ1v) is 13.5. The molecule has 0 atom stereocenters. The zero-order chi connectivity index (χ0) is 31.5. The highest BCUT2D eigenvalue weighted by Gasteiger charge is 2.35. The molecule has 0 amide bonds. The van der Waals surface area contributed by atoms with Crippen LogP contribution in [0.15, 0.2) is 152 Å². The summed E-state index contributed by atoms with van der Waals surface area (Å²) in [4.78, 5) is 2.21. The van der Waals surface area contributed by atoms with E-state index in [1.807, 2.05) is 42.5 Å². The number of nitrogens with zero attached hydrogens (tertiary/aromatic N) is 1. The van der Waals surface area contributed by atoms with E-state index in [4.69, 9.17) is 6.85 Å². The largest absolute Gasteiger partial charge is 0.310 e. The third-order valence-corrected chi connectivity index (χ3v) is 7.97. The number of benzene rings is 6. The van der Waals surface area contributed by atoms with Gasteiger partial charge in [0.25, 0.3) is 0 Å². The Labute approximate surface area is 244 Å². The molecule has 0 bridgehead atoms. The van der Waals surface area contributed by atoms with Gasteiger partial charge in [0.15, 0.2) is 0 Å². The number of hydrogen-bond acceptors (Lipinski definition) is 1. The van der Waals surface area contributed by atoms with Gasteiger partial charge in [0.2, 0.25) is 0 Å². The van der Waals surface area contributed by atoms with E-state index in [1.165, 1.54) is 22.3 Å². The number of hydrogen-bond donors (Lipinski definition) is 0. The zero-order valence-corrected chi connectivity index (χ0v) is 22.5. The number of anilines is 3. The van der Waals surface area contributed by atoms with Crippen LogP contribution in [0.1, 0.15) is 31.8 Å². The van der Waals surface area contributed by atoms with E-state index in [0.29, 0.717) is 5.56 Å². The Hall–Kier alpha value is -4.88. The molecule has 1 aliphatic rings. The smallest absolute Gasteiger partial charge is 0.0629 e. The highest BCUT2D eigenvalue weighted by molar-refractivity contribution is 5.86. The predicted molar refractivity (Wildman–Crippen MR) is 170 cm³/mol. The summed E-state index contributed by atoms with van der Waals surface area (Å²) in [6.07, 6.45) is 0. The van der Waals surface area contributed by atoms with Crippen LogP contribution in [0.3, 0.4) is 0 Å². The van der Waals surface area contributed by atoms with E-state index >= 15 is 0 Å². The molecule has 6 aromatic carbocycles. The van der Waals surface area contributed by atoms with E-state index < -0.39 is 6.04 Å². The molecule has 0 spiro atoms. The molecule has 0 heterocycles. The topological polar surface area (TPSA) is 3.24 Å². The van der Waals surface area contributed by atoms with Gasteiger partial charge in [-0.15, -0.1) is 0 Å². The number of rotatable bonds is 5. The molecule has 1 nitrogen and oxygen atoms in total. The molecule has 0 radical (unpaired) electrons. The van der Waals surface area contributed by atoms with Crippen molar-refractivity contribution >= 4 is 17.1 Å². The fraction of sp³-hybridized carbons (Fsp3) is 0.0769. The molecule has 1 aliphatic carbocycles. The van der Waals surface area contributed by atoms with E-state index in [-0.39, 0.29) is 35.1 Å². The molecule has 0 aliphatic heterocycles. The Morgan fingerprint density at radius 3 is 1.68 bits per heavy atom. The SMILES string of the molecule is [2H]c1c([2H])c([2H])c(-c2ccc(N(c3ccc(-c4ccccc4)cc3)c3ccc4c(c3)C(C)(C)c3ccccc3-4)cc2)c([2H])c1[2H]. The van der Waals surface area contributed by atoms with Crippen LogP contribution in [-0.4, -0.2) is 0 Å². The van der Waals surface area contributed by atoms with Crippen LogP contribution >= 0.6 is 0 Å². The normalized spacial score (nSPS) is 14.7. The molecule has 40 heavy (non-hydrogen) atoms. The fourth-order valence-electron chi connectivity index (χ4n) is 5.88. The third-order valence-electron chi connectivity index (χ3n) is 7.97. The minimum absolute atomic E-state index is 0.157. The van der Waals surface area contributed by atoms with Crippen LogP contribution in [-0.2, 0) is 5.41 Å². The highest BCUT2D eigenvalue weighted by atomic mass is 15.1. The molecule has 0 saturated carbocycles. The molecular weight excluding hydrogens is 482 g/mol. The highest BCUT2D eigenvalue weighted by Crippen LogP contribution is 2.50. The summed E-state index contributed by atoms with van der Waals surface area (Å²) in [7, 11) is 0. The Morgan fingerprint density at radius 2 is 1.00 bits per heavy atom. The first kappa shape index (κ1) is 19.2. The average Bonchev–Trinajstić information content (AvgIpc) is 3.30. The summed E-state index contributed by atoms with van der Waals surface area (Å²) < 4.78 is 41.1. The van der Waals surface area contributed by atoms with Crippen molar-refractivity contribution in [2.45, 2.75) is 19.3 Å². The van der Waals surface area contributed by atoms with Gasteiger partial charge in [-0.1, -0.05) is 129 Å². The molecule has 0 saturated heterocycles. The van der Waals surface area contributed by atoms with Gasteiger partial charge >= 0.3 is 0 Å². The van der Waals surface area contributed by atoms with Crippen molar-refractivity contribution in [3.63, 3.8) is 0 Å². The molecule has 0 fully saturated rings. The number of fused-ring (bicyclic) bond motifs is 3. The van der Waals surface area contributed by atoms with Crippen LogP contribution in [0.5, 0.6) is 0 Å². The lowest BCUT2D eigenvalue weighted by atomic mass is 9.82. The molecule has 0 N–H and O–H groups in total. The Balaban J connectivity index is 1.35. The summed E-state index contributed by atoms with van der Waals surface area (Å²) >= 11 is 0. The van der Waals surface area contributed by atoms with E-state index in [9.17, 15) is 0 Å². The summed E-state index contributed by atoms with van der Waals surface area (Å²) in [5.74, 6) is 0. The minimum Gasteiger partial charge on any atom is -0.310 e. The van der Waals surface area contributed by atoms with Crippen molar-refractivity contribution < 1.29 is 6.85 Å². The molecule has 192 valence electrons. The van der Waals surface area contributed by atoms with Crippen LogP contribution in [0.25, 0.3) is 33.4 Å². The third kappa shape index (κ3) is 4.12. The maximum Gasteiger partial charge on any atom is 0.0629 e. The van der Waals surface area contributed by atoms with Gasteiger partial charge in [-0.3, -0.25) is 0 Å². The lowest BCUT2D eigenvalue weighted by molar-refractivity contribution is 0.660. The molecule has 0 unspecified atom stereocenters. The van der Waals surface area contributed by atoms with Gasteiger partial charge in [0.05, 0.1) is 6.85 Å². The second-order valence-corrected chi connectivity index (χ2v) is 10.7. The van der Waals surface area contributed by atoms with Crippen LogP contribution < -0.4 is 4.90 Å². The summed E-state index contributed by atoms with van der Waals surface area (Å²) in [6.45, 7) is 4.55. The average molecular weight is 519 g/mol. The lowest BCUT2D eigenvalue weighted by Gasteiger charge is -2.28. The summed E-state index contributed by atoms with van der Waals surface area (Å²) in [5.41, 5.74) is 10.9. The van der Waals surface area contributed by atoms with Gasteiger partial charge in [0, 0.05) is 22.5 Å². The first-order valence-electron chi connectivity index (χ1n) is 16.0. The van der Waals surface area contributed by atoms with Crippen molar-refractivity contribution in [1.29, 1.82) is 0 Å². The summed E-state index contributed by atoms with van der Waals surface area (Å²) in [5, 5.41) is 0. The van der Waals surface area contributed by atoms with E-state index in [2.05, 4.69) is 97.6 Å². The van der Waals surface area contributed by atoms with Gasteiger partial charge < -0.3 is 4.90 Å². The quantitative estimate of drug-likeness (QED) is 0.219. The Kier molecular flexibility index (Phi) is 4.66. The Morgan fingerprint density at radius 1 is 0.475 bits per heavy atom. The van der Waals surface area contributed by atoms with Crippen molar-refractivity contribution in [2.75, 3.05) is 4.90 Å². The van der Waals surface area contributed by atoms with Crippen molar-refractivity contribution in [1.82, 2.24) is 0 Å². The molecule has 7 rings (SSSR count). The maximum atomic E-state index is 8.45. The van der Waals surface area contributed by atoms with Gasteiger partial charge in [-0.05, 0) is 80.9 Å². The second kappa shape index (κ2) is 9.70.